The van der Waals surface area contributed by atoms with E-state index in [2.05, 4.69) is 4.98 Å². The van der Waals surface area contributed by atoms with Crippen LogP contribution in [0.25, 0.3) is 26.6 Å². The van der Waals surface area contributed by atoms with Crippen molar-refractivity contribution in [1.82, 2.24) is 9.55 Å². The fraction of sp³-hybridized carbons (Fsp3) is 0.0400. The van der Waals surface area contributed by atoms with Gasteiger partial charge in [0.1, 0.15) is 5.82 Å². The van der Waals surface area contributed by atoms with E-state index in [0.717, 1.165) is 22.2 Å². The number of benzene rings is 3. The summed E-state index contributed by atoms with van der Waals surface area (Å²) in [5.74, 6) is -2.69. The topological polar surface area (TPSA) is 109 Å². The first kappa shape index (κ1) is 22.8. The summed E-state index contributed by atoms with van der Waals surface area (Å²) in [5, 5.41) is 21.9. The maximum absolute atomic E-state index is 15.0. The highest BCUT2D eigenvalue weighted by molar-refractivity contribution is 7.90. The molecule has 5 rings (SSSR count). The number of aromatic hydroxyl groups is 2. The number of carbonyl (C=O) groups is 1. The minimum Gasteiger partial charge on any atom is -0.503 e. The molecule has 0 bridgehead atoms. The van der Waals surface area contributed by atoms with E-state index in [9.17, 15) is 27.8 Å². The van der Waals surface area contributed by atoms with E-state index in [-0.39, 0.29) is 32.4 Å². The van der Waals surface area contributed by atoms with E-state index >= 15 is 0 Å². The summed E-state index contributed by atoms with van der Waals surface area (Å²) in [5.41, 5.74) is 0.280. The Bertz CT molecular complexity index is 1720. The molecule has 0 saturated heterocycles. The van der Waals surface area contributed by atoms with Crippen molar-refractivity contribution in [3.05, 3.63) is 89.7 Å². The second-order valence-electron chi connectivity index (χ2n) is 7.80. The number of ketones is 1. The molecule has 0 saturated carbocycles. The zero-order valence-corrected chi connectivity index (χ0v) is 19.8. The number of fused-ring (bicyclic) bond motifs is 1. The van der Waals surface area contributed by atoms with Gasteiger partial charge >= 0.3 is 0 Å². The van der Waals surface area contributed by atoms with Crippen LogP contribution >= 0.6 is 11.3 Å². The molecule has 0 aliphatic carbocycles. The second kappa shape index (κ2) is 8.33. The normalized spacial score (nSPS) is 11.7. The highest BCUT2D eigenvalue weighted by Crippen LogP contribution is 2.45. The van der Waals surface area contributed by atoms with Crippen LogP contribution in [0.3, 0.4) is 0 Å². The third-order valence-corrected chi connectivity index (χ3v) is 7.59. The Morgan fingerprint density at radius 2 is 1.69 bits per heavy atom. The van der Waals surface area contributed by atoms with Gasteiger partial charge in [0.05, 0.1) is 26.4 Å². The number of thiazole rings is 1. The molecule has 0 radical (unpaired) electrons. The third kappa shape index (κ3) is 3.86. The van der Waals surface area contributed by atoms with Crippen LogP contribution < -0.4 is 0 Å². The van der Waals surface area contributed by atoms with Gasteiger partial charge in [-0.25, -0.2) is 17.8 Å². The summed E-state index contributed by atoms with van der Waals surface area (Å²) >= 11 is 1.02. The first-order chi connectivity index (χ1) is 16.7. The lowest BCUT2D eigenvalue weighted by Gasteiger charge is -2.10. The van der Waals surface area contributed by atoms with Gasteiger partial charge < -0.3 is 10.2 Å². The predicted octanol–water partition coefficient (Wildman–Crippen LogP) is 4.94. The van der Waals surface area contributed by atoms with Gasteiger partial charge in [-0.15, -0.1) is 0 Å². The Labute approximate surface area is 203 Å². The number of carbonyl (C=O) groups excluding carboxylic acids is 1. The smallest absolute Gasteiger partial charge is 0.242 e. The molecule has 2 heterocycles. The number of aromatic nitrogens is 2. The lowest BCUT2D eigenvalue weighted by molar-refractivity contribution is 0.103. The summed E-state index contributed by atoms with van der Waals surface area (Å²) in [4.78, 5) is 17.9. The van der Waals surface area contributed by atoms with E-state index in [4.69, 9.17) is 0 Å². The molecule has 10 heteroatoms. The largest absolute Gasteiger partial charge is 0.503 e. The number of halogens is 1. The van der Waals surface area contributed by atoms with Crippen LogP contribution in [0.15, 0.2) is 77.7 Å². The van der Waals surface area contributed by atoms with Crippen molar-refractivity contribution in [1.29, 1.82) is 0 Å². The van der Waals surface area contributed by atoms with Crippen molar-refractivity contribution in [2.24, 2.45) is 0 Å². The Kier molecular flexibility index (Phi) is 5.42. The Hall–Kier alpha value is -4.02. The SMILES string of the molecule is CS(=O)(=O)c1ccc2nc(-n3c(O)c(O)c(C(=O)c4ccccc4)c3-c3ccccc3F)sc2c1. The maximum Gasteiger partial charge on any atom is 0.242 e. The van der Waals surface area contributed by atoms with Gasteiger partial charge in [0.15, 0.2) is 26.5 Å². The average Bonchev–Trinajstić information content (AvgIpc) is 3.37. The van der Waals surface area contributed by atoms with Crippen LogP contribution in [0, 0.1) is 5.82 Å². The molecule has 0 fully saturated rings. The van der Waals surface area contributed by atoms with Gasteiger partial charge in [-0.3, -0.25) is 9.36 Å². The molecule has 0 spiro atoms. The van der Waals surface area contributed by atoms with E-state index in [1.54, 1.807) is 36.4 Å². The van der Waals surface area contributed by atoms with Crippen LogP contribution in [0.1, 0.15) is 15.9 Å². The number of hydrogen-bond acceptors (Lipinski definition) is 7. The molecule has 0 unspecified atom stereocenters. The van der Waals surface area contributed by atoms with E-state index in [0.29, 0.717) is 10.2 Å². The molecule has 5 aromatic rings. The van der Waals surface area contributed by atoms with Crippen molar-refractivity contribution in [2.45, 2.75) is 4.90 Å². The molecule has 0 aliphatic heterocycles. The fourth-order valence-electron chi connectivity index (χ4n) is 3.81. The Balaban J connectivity index is 1.82. The van der Waals surface area contributed by atoms with Gasteiger partial charge in [0, 0.05) is 17.4 Å². The minimum absolute atomic E-state index is 0.0292. The van der Waals surface area contributed by atoms with Crippen molar-refractivity contribution in [2.75, 3.05) is 6.26 Å². The summed E-state index contributed by atoms with van der Waals surface area (Å²) in [7, 11) is -3.47. The fourth-order valence-corrected chi connectivity index (χ4v) is 5.55. The first-order valence-electron chi connectivity index (χ1n) is 10.3. The quantitative estimate of drug-likeness (QED) is 0.326. The lowest BCUT2D eigenvalue weighted by Crippen LogP contribution is -2.05. The summed E-state index contributed by atoms with van der Waals surface area (Å²) < 4.78 is 40.5. The summed E-state index contributed by atoms with van der Waals surface area (Å²) in [6.07, 6.45) is 1.09. The van der Waals surface area contributed by atoms with Crippen LogP contribution in [0.5, 0.6) is 11.6 Å². The van der Waals surface area contributed by atoms with E-state index < -0.39 is 33.1 Å². The average molecular weight is 509 g/mol. The van der Waals surface area contributed by atoms with Gasteiger partial charge in [0.2, 0.25) is 5.88 Å². The third-order valence-electron chi connectivity index (χ3n) is 5.48. The van der Waals surface area contributed by atoms with Crippen LogP contribution in [0.2, 0.25) is 0 Å². The molecule has 0 atom stereocenters. The van der Waals surface area contributed by atoms with Crippen LogP contribution in [0.4, 0.5) is 4.39 Å². The van der Waals surface area contributed by atoms with Gasteiger partial charge in [0.25, 0.3) is 0 Å². The Morgan fingerprint density at radius 3 is 2.37 bits per heavy atom. The van der Waals surface area contributed by atoms with E-state index in [1.165, 1.54) is 36.4 Å². The standard InChI is InChI=1S/C25H17FN2O5S2/c1-35(32,33)15-11-12-18-19(13-15)34-25(27-18)28-21(16-9-5-6-10-17(16)26)20(23(30)24(28)31)22(29)14-7-3-2-4-8-14/h2-13,30-31H,1H3. The van der Waals surface area contributed by atoms with E-state index in [1.807, 2.05) is 0 Å². The number of rotatable bonds is 5. The van der Waals surface area contributed by atoms with Gasteiger partial charge in [-0.05, 0) is 30.3 Å². The number of nitrogens with zero attached hydrogens (tertiary/aromatic N) is 2. The molecule has 3 aromatic carbocycles. The summed E-state index contributed by atoms with van der Waals surface area (Å²) in [6.45, 7) is 0. The molecule has 35 heavy (non-hydrogen) atoms. The predicted molar refractivity (Wildman–Crippen MR) is 131 cm³/mol. The zero-order valence-electron chi connectivity index (χ0n) is 18.1. The molecule has 7 nitrogen and oxygen atoms in total. The summed E-state index contributed by atoms with van der Waals surface area (Å²) in [6, 6.07) is 18.2. The lowest BCUT2D eigenvalue weighted by atomic mass is 9.99. The number of sulfone groups is 1. The van der Waals surface area contributed by atoms with Crippen molar-refractivity contribution in [3.63, 3.8) is 0 Å². The Morgan fingerprint density at radius 1 is 1.00 bits per heavy atom. The van der Waals surface area contributed by atoms with Crippen molar-refractivity contribution in [3.8, 4) is 28.0 Å². The molecule has 2 aromatic heterocycles. The van der Waals surface area contributed by atoms with Crippen molar-refractivity contribution < 1.29 is 27.8 Å². The number of hydrogen-bond donors (Lipinski definition) is 2. The monoisotopic (exact) mass is 508 g/mol. The second-order valence-corrected chi connectivity index (χ2v) is 10.8. The van der Waals surface area contributed by atoms with Crippen molar-refractivity contribution >= 4 is 37.2 Å². The molecule has 0 aliphatic rings. The highest BCUT2D eigenvalue weighted by Gasteiger charge is 2.32. The minimum atomic E-state index is -3.47. The zero-order chi connectivity index (χ0) is 24.9. The molecule has 2 N–H and O–H groups in total. The van der Waals surface area contributed by atoms with Gasteiger partial charge in [-0.2, -0.15) is 0 Å². The molecular formula is C25H17FN2O5S2. The highest BCUT2D eigenvalue weighted by atomic mass is 32.2. The molecule has 176 valence electrons. The first-order valence-corrected chi connectivity index (χ1v) is 13.0. The van der Waals surface area contributed by atoms with Crippen LogP contribution in [-0.4, -0.2) is 40.2 Å². The molecule has 0 amide bonds. The van der Waals surface area contributed by atoms with Gasteiger partial charge in [-0.1, -0.05) is 53.8 Å². The maximum atomic E-state index is 15.0. The molecular weight excluding hydrogens is 491 g/mol. The van der Waals surface area contributed by atoms with Crippen LogP contribution in [-0.2, 0) is 9.84 Å².